The number of halogens is 1. The highest BCUT2D eigenvalue weighted by molar-refractivity contribution is 6.33. The molecule has 0 fully saturated rings. The van der Waals surface area contributed by atoms with Crippen LogP contribution in [0.4, 0.5) is 0 Å². The first-order chi connectivity index (χ1) is 8.59. The van der Waals surface area contributed by atoms with Gasteiger partial charge in [0.2, 0.25) is 0 Å². The fraction of sp³-hybridized carbons (Fsp3) is 0.286. The van der Waals surface area contributed by atoms with Crippen molar-refractivity contribution in [3.8, 4) is 0 Å². The molecule has 0 N–H and O–H groups in total. The Morgan fingerprint density at radius 3 is 2.78 bits per heavy atom. The maximum Gasteiger partial charge on any atom is 0.184 e. The molecule has 0 spiro atoms. The molecule has 18 heavy (non-hydrogen) atoms. The van der Waals surface area contributed by atoms with Crippen molar-refractivity contribution in [1.29, 1.82) is 0 Å². The zero-order valence-corrected chi connectivity index (χ0v) is 11.2. The van der Waals surface area contributed by atoms with Crippen molar-refractivity contribution in [3.05, 3.63) is 53.1 Å². The summed E-state index contributed by atoms with van der Waals surface area (Å²) >= 11 is 6.02. The Balaban J connectivity index is 2.22. The van der Waals surface area contributed by atoms with E-state index >= 15 is 0 Å². The molecule has 2 aromatic rings. The van der Waals surface area contributed by atoms with Crippen LogP contribution in [-0.2, 0) is 6.54 Å². The number of carbonyl (C=O) groups is 1. The lowest BCUT2D eigenvalue weighted by atomic mass is 10.1. The number of rotatable bonds is 4. The van der Waals surface area contributed by atoms with Gasteiger partial charge in [-0.2, -0.15) is 0 Å². The molecule has 0 radical (unpaired) electrons. The molecule has 0 saturated heterocycles. The topological polar surface area (TPSA) is 34.9 Å². The summed E-state index contributed by atoms with van der Waals surface area (Å²) in [6, 6.07) is 7.11. The van der Waals surface area contributed by atoms with Crippen LogP contribution >= 0.6 is 11.6 Å². The Kier molecular flexibility index (Phi) is 3.82. The summed E-state index contributed by atoms with van der Waals surface area (Å²) in [7, 11) is 0. The second kappa shape index (κ2) is 5.36. The average molecular weight is 263 g/mol. The first kappa shape index (κ1) is 12.8. The van der Waals surface area contributed by atoms with E-state index in [1.807, 2.05) is 22.9 Å². The van der Waals surface area contributed by atoms with Crippen LogP contribution in [-0.4, -0.2) is 15.3 Å². The summed E-state index contributed by atoms with van der Waals surface area (Å²) in [4.78, 5) is 16.4. The molecule has 1 heterocycles. The van der Waals surface area contributed by atoms with Crippen molar-refractivity contribution < 1.29 is 4.79 Å². The summed E-state index contributed by atoms with van der Waals surface area (Å²) in [6.45, 7) is 4.38. The van der Waals surface area contributed by atoms with Crippen molar-refractivity contribution in [3.63, 3.8) is 0 Å². The van der Waals surface area contributed by atoms with E-state index in [-0.39, 0.29) is 12.3 Å². The lowest BCUT2D eigenvalue weighted by Gasteiger charge is -2.10. The fourth-order valence-electron chi connectivity index (χ4n) is 1.88. The van der Waals surface area contributed by atoms with Crippen molar-refractivity contribution in [2.75, 3.05) is 0 Å². The van der Waals surface area contributed by atoms with Gasteiger partial charge in [-0.15, -0.1) is 0 Å². The van der Waals surface area contributed by atoms with Crippen LogP contribution < -0.4 is 0 Å². The Morgan fingerprint density at radius 1 is 1.39 bits per heavy atom. The third kappa shape index (κ3) is 2.62. The van der Waals surface area contributed by atoms with Crippen molar-refractivity contribution >= 4 is 17.4 Å². The highest BCUT2D eigenvalue weighted by Crippen LogP contribution is 2.18. The monoisotopic (exact) mass is 262 g/mol. The first-order valence-corrected chi connectivity index (χ1v) is 6.26. The number of ketones is 1. The van der Waals surface area contributed by atoms with E-state index in [0.29, 0.717) is 16.5 Å². The molecular formula is C14H15ClN2O. The molecule has 0 amide bonds. The number of benzene rings is 1. The van der Waals surface area contributed by atoms with Crippen molar-refractivity contribution in [2.45, 2.75) is 26.3 Å². The number of aromatic nitrogens is 2. The Hall–Kier alpha value is -1.61. The Labute approximate surface area is 111 Å². The number of imidazole rings is 1. The molecule has 0 aliphatic rings. The summed E-state index contributed by atoms with van der Waals surface area (Å²) < 4.78 is 1.87. The van der Waals surface area contributed by atoms with Gasteiger partial charge in [-0.3, -0.25) is 4.79 Å². The van der Waals surface area contributed by atoms with Gasteiger partial charge in [-0.05, 0) is 12.1 Å². The normalized spacial score (nSPS) is 10.9. The zero-order chi connectivity index (χ0) is 13.1. The van der Waals surface area contributed by atoms with Gasteiger partial charge in [0.1, 0.15) is 5.82 Å². The minimum Gasteiger partial charge on any atom is -0.327 e. The van der Waals surface area contributed by atoms with E-state index in [4.69, 9.17) is 11.6 Å². The predicted molar refractivity (Wildman–Crippen MR) is 72.1 cm³/mol. The van der Waals surface area contributed by atoms with E-state index in [1.54, 1.807) is 18.3 Å². The largest absolute Gasteiger partial charge is 0.327 e. The van der Waals surface area contributed by atoms with Crippen LogP contribution in [0.15, 0.2) is 36.7 Å². The van der Waals surface area contributed by atoms with Gasteiger partial charge in [0.05, 0.1) is 11.6 Å². The summed E-state index contributed by atoms with van der Waals surface area (Å²) in [5, 5.41) is 0.494. The van der Waals surface area contributed by atoms with Gasteiger partial charge in [0, 0.05) is 23.9 Å². The summed E-state index contributed by atoms with van der Waals surface area (Å²) in [5.74, 6) is 1.20. The van der Waals surface area contributed by atoms with Crippen molar-refractivity contribution in [1.82, 2.24) is 9.55 Å². The van der Waals surface area contributed by atoms with Gasteiger partial charge in [0.15, 0.2) is 5.78 Å². The van der Waals surface area contributed by atoms with Gasteiger partial charge >= 0.3 is 0 Å². The molecular weight excluding hydrogens is 248 g/mol. The molecule has 0 aliphatic heterocycles. The maximum atomic E-state index is 12.2. The predicted octanol–water partition coefficient (Wildman–Crippen LogP) is 3.54. The van der Waals surface area contributed by atoms with Crippen LogP contribution in [0.1, 0.15) is 35.9 Å². The van der Waals surface area contributed by atoms with Crippen LogP contribution in [0.5, 0.6) is 0 Å². The molecule has 3 nitrogen and oxygen atoms in total. The number of carbonyl (C=O) groups excluding carboxylic acids is 1. The maximum absolute atomic E-state index is 12.2. The standard InChI is InChI=1S/C14H15ClN2O/c1-10(2)14-16-7-8-17(14)9-13(18)11-5-3-4-6-12(11)15/h3-8,10H,9H2,1-2H3. The van der Waals surface area contributed by atoms with E-state index in [2.05, 4.69) is 18.8 Å². The summed E-state index contributed by atoms with van der Waals surface area (Å²) in [6.07, 6.45) is 3.54. The second-order valence-electron chi connectivity index (χ2n) is 4.47. The molecule has 0 unspecified atom stereocenters. The smallest absolute Gasteiger partial charge is 0.184 e. The Morgan fingerprint density at radius 2 is 2.11 bits per heavy atom. The lowest BCUT2D eigenvalue weighted by Crippen LogP contribution is -2.13. The molecule has 1 aromatic carbocycles. The van der Waals surface area contributed by atoms with E-state index < -0.39 is 0 Å². The van der Waals surface area contributed by atoms with Crippen LogP contribution in [0, 0.1) is 0 Å². The second-order valence-corrected chi connectivity index (χ2v) is 4.88. The van der Waals surface area contributed by atoms with Crippen LogP contribution in [0.25, 0.3) is 0 Å². The molecule has 2 rings (SSSR count). The average Bonchev–Trinajstić information content (AvgIpc) is 2.77. The number of nitrogens with zero attached hydrogens (tertiary/aromatic N) is 2. The van der Waals surface area contributed by atoms with Gasteiger partial charge in [-0.1, -0.05) is 37.6 Å². The Bertz CT molecular complexity index is 560. The third-order valence-electron chi connectivity index (χ3n) is 2.75. The van der Waals surface area contributed by atoms with E-state index in [1.165, 1.54) is 0 Å². The molecule has 94 valence electrons. The van der Waals surface area contributed by atoms with E-state index in [9.17, 15) is 4.79 Å². The van der Waals surface area contributed by atoms with E-state index in [0.717, 1.165) is 5.82 Å². The number of hydrogen-bond acceptors (Lipinski definition) is 2. The molecule has 0 bridgehead atoms. The van der Waals surface area contributed by atoms with Gasteiger partial charge in [-0.25, -0.2) is 4.98 Å². The molecule has 0 saturated carbocycles. The zero-order valence-electron chi connectivity index (χ0n) is 10.4. The van der Waals surface area contributed by atoms with Crippen LogP contribution in [0.2, 0.25) is 5.02 Å². The SMILES string of the molecule is CC(C)c1nccn1CC(=O)c1ccccc1Cl. The third-order valence-corrected chi connectivity index (χ3v) is 3.08. The lowest BCUT2D eigenvalue weighted by molar-refractivity contribution is 0.0971. The van der Waals surface area contributed by atoms with Crippen LogP contribution in [0.3, 0.4) is 0 Å². The fourth-order valence-corrected chi connectivity index (χ4v) is 2.12. The number of Topliss-reactive ketones (excluding diaryl/α,β-unsaturated/α-hetero) is 1. The number of hydrogen-bond donors (Lipinski definition) is 0. The molecule has 0 atom stereocenters. The van der Waals surface area contributed by atoms with Crippen molar-refractivity contribution in [2.24, 2.45) is 0 Å². The highest BCUT2D eigenvalue weighted by atomic mass is 35.5. The van der Waals surface area contributed by atoms with Gasteiger partial charge < -0.3 is 4.57 Å². The van der Waals surface area contributed by atoms with Gasteiger partial charge in [0.25, 0.3) is 0 Å². The quantitative estimate of drug-likeness (QED) is 0.790. The first-order valence-electron chi connectivity index (χ1n) is 5.88. The molecule has 4 heteroatoms. The minimum atomic E-state index is 0.000463. The molecule has 0 aliphatic carbocycles. The minimum absolute atomic E-state index is 0.000463. The molecule has 1 aromatic heterocycles. The highest BCUT2D eigenvalue weighted by Gasteiger charge is 2.13. The summed E-state index contributed by atoms with van der Waals surface area (Å²) in [5.41, 5.74) is 0.558.